The first-order valence-electron chi connectivity index (χ1n) is 8.76. The lowest BCUT2D eigenvalue weighted by molar-refractivity contribution is 0.109. The topological polar surface area (TPSA) is 6.48 Å². The molecule has 1 saturated heterocycles. The fraction of sp³-hybridized carbons (Fsp3) is 0.429. The second kappa shape index (κ2) is 9.49. The number of hydrogen-bond donors (Lipinski definition) is 0. The number of hydrogen-bond acceptors (Lipinski definition) is 2. The molecule has 1 aliphatic heterocycles. The Balaban J connectivity index is 2.23. The number of rotatable bonds is 7. The van der Waals surface area contributed by atoms with Gasteiger partial charge in [0, 0.05) is 26.2 Å². The molecule has 0 N–H and O–H groups in total. The highest BCUT2D eigenvalue weighted by molar-refractivity contribution is 5.36. The molecule has 0 spiro atoms. The van der Waals surface area contributed by atoms with Crippen molar-refractivity contribution in [3.05, 3.63) is 72.4 Å². The maximum absolute atomic E-state index is 4.06. The van der Waals surface area contributed by atoms with Crippen LogP contribution in [-0.4, -0.2) is 42.5 Å². The van der Waals surface area contributed by atoms with Crippen molar-refractivity contribution in [1.82, 2.24) is 9.80 Å². The lowest BCUT2D eigenvalue weighted by Crippen LogP contribution is -2.48. The van der Waals surface area contributed by atoms with Gasteiger partial charge in [-0.2, -0.15) is 0 Å². The van der Waals surface area contributed by atoms with Crippen LogP contribution in [0.5, 0.6) is 0 Å². The van der Waals surface area contributed by atoms with Gasteiger partial charge in [-0.15, -0.1) is 0 Å². The molecular formula is C21H30N2. The van der Waals surface area contributed by atoms with Gasteiger partial charge in [0.2, 0.25) is 0 Å². The number of nitrogens with zero attached hydrogens (tertiary/aromatic N) is 2. The van der Waals surface area contributed by atoms with Crippen LogP contribution in [0.15, 0.2) is 66.8 Å². The van der Waals surface area contributed by atoms with Crippen molar-refractivity contribution >= 4 is 0 Å². The standard InChI is InChI=1S/C21H30N2/c1-4-7-11-19(6-3)21(20-12-9-8-10-13-20)23-17-15-22(14-5-2)16-18-23/h4,6-13,21H,3,5,14-18H2,1-2H3/b7-4-,19-11+. The van der Waals surface area contributed by atoms with E-state index in [1.54, 1.807) is 0 Å². The van der Waals surface area contributed by atoms with Gasteiger partial charge in [0.25, 0.3) is 0 Å². The van der Waals surface area contributed by atoms with Crippen molar-refractivity contribution in [2.75, 3.05) is 32.7 Å². The quantitative estimate of drug-likeness (QED) is 0.687. The Bertz CT molecular complexity index is 522. The number of allylic oxidation sites excluding steroid dienone is 3. The van der Waals surface area contributed by atoms with Gasteiger partial charge >= 0.3 is 0 Å². The monoisotopic (exact) mass is 310 g/mol. The maximum atomic E-state index is 4.06. The summed E-state index contributed by atoms with van der Waals surface area (Å²) in [5, 5.41) is 0. The summed E-state index contributed by atoms with van der Waals surface area (Å²) in [6, 6.07) is 11.1. The van der Waals surface area contributed by atoms with Crippen LogP contribution in [0.2, 0.25) is 0 Å². The van der Waals surface area contributed by atoms with E-state index in [0.717, 1.165) is 26.2 Å². The van der Waals surface area contributed by atoms with Crippen molar-refractivity contribution in [3.8, 4) is 0 Å². The lowest BCUT2D eigenvalue weighted by atomic mass is 9.95. The summed E-state index contributed by atoms with van der Waals surface area (Å²) in [6.45, 7) is 14.1. The highest BCUT2D eigenvalue weighted by Gasteiger charge is 2.26. The van der Waals surface area contributed by atoms with Crippen LogP contribution in [0.3, 0.4) is 0 Å². The summed E-state index contributed by atoms with van der Waals surface area (Å²) in [4.78, 5) is 5.17. The van der Waals surface area contributed by atoms with Crippen LogP contribution in [0, 0.1) is 0 Å². The first-order chi connectivity index (χ1) is 11.3. The normalized spacial score (nSPS) is 19.1. The lowest BCUT2D eigenvalue weighted by Gasteiger charge is -2.40. The zero-order chi connectivity index (χ0) is 16.5. The third-order valence-corrected chi connectivity index (χ3v) is 4.46. The summed E-state index contributed by atoms with van der Waals surface area (Å²) < 4.78 is 0. The molecule has 0 aliphatic carbocycles. The molecule has 124 valence electrons. The summed E-state index contributed by atoms with van der Waals surface area (Å²) >= 11 is 0. The predicted octanol–water partition coefficient (Wildman–Crippen LogP) is 4.44. The molecule has 0 saturated carbocycles. The van der Waals surface area contributed by atoms with Gasteiger partial charge < -0.3 is 4.90 Å². The Morgan fingerprint density at radius 3 is 2.43 bits per heavy atom. The first-order valence-corrected chi connectivity index (χ1v) is 8.76. The van der Waals surface area contributed by atoms with Gasteiger partial charge in [0.1, 0.15) is 0 Å². The minimum absolute atomic E-state index is 0.300. The molecule has 23 heavy (non-hydrogen) atoms. The molecule has 0 amide bonds. The molecule has 0 radical (unpaired) electrons. The van der Waals surface area contributed by atoms with E-state index in [9.17, 15) is 0 Å². The van der Waals surface area contributed by atoms with Crippen molar-refractivity contribution in [2.45, 2.75) is 26.3 Å². The largest absolute Gasteiger partial charge is 0.301 e. The molecule has 1 unspecified atom stereocenters. The molecule has 1 fully saturated rings. The van der Waals surface area contributed by atoms with Crippen molar-refractivity contribution < 1.29 is 0 Å². The van der Waals surface area contributed by atoms with Crippen LogP contribution in [0.4, 0.5) is 0 Å². The van der Waals surface area contributed by atoms with Gasteiger partial charge in [0.05, 0.1) is 6.04 Å². The fourth-order valence-electron chi connectivity index (χ4n) is 3.29. The van der Waals surface area contributed by atoms with Crippen molar-refractivity contribution in [1.29, 1.82) is 0 Å². The van der Waals surface area contributed by atoms with E-state index >= 15 is 0 Å². The third-order valence-electron chi connectivity index (χ3n) is 4.46. The number of piperazine rings is 1. The Kier molecular flexibility index (Phi) is 7.31. The van der Waals surface area contributed by atoms with Crippen LogP contribution in [-0.2, 0) is 0 Å². The molecule has 0 aromatic heterocycles. The molecule has 1 atom stereocenters. The zero-order valence-electron chi connectivity index (χ0n) is 14.6. The highest BCUT2D eigenvalue weighted by atomic mass is 15.3. The molecule has 2 heteroatoms. The van der Waals surface area contributed by atoms with E-state index in [0.29, 0.717) is 6.04 Å². The van der Waals surface area contributed by atoms with E-state index in [1.807, 2.05) is 6.08 Å². The first kappa shape index (κ1) is 17.7. The van der Waals surface area contributed by atoms with Crippen LogP contribution < -0.4 is 0 Å². The van der Waals surface area contributed by atoms with Crippen molar-refractivity contribution in [3.63, 3.8) is 0 Å². The van der Waals surface area contributed by atoms with E-state index in [4.69, 9.17) is 0 Å². The molecule has 1 aromatic carbocycles. The number of benzene rings is 1. The Morgan fingerprint density at radius 1 is 1.17 bits per heavy atom. The van der Waals surface area contributed by atoms with Gasteiger partial charge in [-0.05, 0) is 31.0 Å². The van der Waals surface area contributed by atoms with Crippen LogP contribution in [0.1, 0.15) is 31.9 Å². The summed E-state index contributed by atoms with van der Waals surface area (Å²) in [5.41, 5.74) is 2.63. The van der Waals surface area contributed by atoms with Crippen LogP contribution in [0.25, 0.3) is 0 Å². The SMILES string of the molecule is C=C/C(=C\C=C/C)C(c1ccccc1)N1CCN(CCC)CC1. The second-order valence-corrected chi connectivity index (χ2v) is 6.09. The second-order valence-electron chi connectivity index (χ2n) is 6.09. The molecule has 1 aromatic rings. The van der Waals surface area contributed by atoms with Gasteiger partial charge in [0.15, 0.2) is 0 Å². The summed E-state index contributed by atoms with van der Waals surface area (Å²) in [7, 11) is 0. The van der Waals surface area contributed by atoms with Crippen LogP contribution >= 0.6 is 0 Å². The summed E-state index contributed by atoms with van der Waals surface area (Å²) in [6.07, 6.45) is 9.63. The molecule has 2 nitrogen and oxygen atoms in total. The Hall–Kier alpha value is -1.64. The molecule has 1 heterocycles. The van der Waals surface area contributed by atoms with Gasteiger partial charge in [-0.25, -0.2) is 0 Å². The minimum Gasteiger partial charge on any atom is -0.301 e. The molecule has 2 rings (SSSR count). The Labute approximate surface area is 141 Å². The average molecular weight is 310 g/mol. The zero-order valence-corrected chi connectivity index (χ0v) is 14.6. The highest BCUT2D eigenvalue weighted by Crippen LogP contribution is 2.30. The third kappa shape index (κ3) is 4.92. The van der Waals surface area contributed by atoms with Crippen molar-refractivity contribution in [2.24, 2.45) is 0 Å². The predicted molar refractivity (Wildman–Crippen MR) is 101 cm³/mol. The smallest absolute Gasteiger partial charge is 0.0602 e. The minimum atomic E-state index is 0.300. The molecular weight excluding hydrogens is 280 g/mol. The van der Waals surface area contributed by atoms with E-state index in [-0.39, 0.29) is 0 Å². The van der Waals surface area contributed by atoms with Gasteiger partial charge in [-0.3, -0.25) is 4.90 Å². The van der Waals surface area contributed by atoms with Gasteiger partial charge in [-0.1, -0.05) is 68.1 Å². The van der Waals surface area contributed by atoms with E-state index < -0.39 is 0 Å². The Morgan fingerprint density at radius 2 is 1.87 bits per heavy atom. The average Bonchev–Trinajstić information content (AvgIpc) is 2.61. The summed E-state index contributed by atoms with van der Waals surface area (Å²) in [5.74, 6) is 0. The fourth-order valence-corrected chi connectivity index (χ4v) is 3.29. The maximum Gasteiger partial charge on any atom is 0.0602 e. The van der Waals surface area contributed by atoms with E-state index in [2.05, 4.69) is 78.8 Å². The molecule has 0 bridgehead atoms. The van der Waals surface area contributed by atoms with E-state index in [1.165, 1.54) is 24.1 Å². The molecule has 1 aliphatic rings.